The summed E-state index contributed by atoms with van der Waals surface area (Å²) >= 11 is 0. The molecule has 0 aliphatic carbocycles. The smallest absolute Gasteiger partial charge is 0.308 e. The minimum absolute atomic E-state index is 0.0124. The largest absolute Gasteiger partial charge is 0.504 e. The van der Waals surface area contributed by atoms with Crippen LogP contribution in [0.5, 0.6) is 17.2 Å². The third kappa shape index (κ3) is 2.37. The quantitative estimate of drug-likeness (QED) is 0.553. The number of methoxy groups -OCH3 is 1. The van der Waals surface area contributed by atoms with Crippen LogP contribution in [0.3, 0.4) is 0 Å². The van der Waals surface area contributed by atoms with Gasteiger partial charge in [-0.3, -0.25) is 4.79 Å². The fraction of sp³-hybridized carbons (Fsp3) is 0.222. The topological polar surface area (TPSA) is 55.8 Å². The van der Waals surface area contributed by atoms with Gasteiger partial charge in [0.05, 0.1) is 7.11 Å². The van der Waals surface area contributed by atoms with Crippen LogP contribution in [0.4, 0.5) is 0 Å². The zero-order valence-corrected chi connectivity index (χ0v) is 7.40. The van der Waals surface area contributed by atoms with Crippen molar-refractivity contribution in [1.82, 2.24) is 0 Å². The Morgan fingerprint density at radius 3 is 2.69 bits per heavy atom. The Morgan fingerprint density at radius 2 is 2.15 bits per heavy atom. The number of esters is 1. The molecule has 1 aromatic carbocycles. The molecule has 0 aromatic heterocycles. The standard InChI is InChI=1S/C9H10O4/c1-6(10)13-7-3-4-8(11)9(5-7)12-2/h3-5,11H,1-2H3. The van der Waals surface area contributed by atoms with Crippen LogP contribution in [-0.4, -0.2) is 18.2 Å². The van der Waals surface area contributed by atoms with Crippen molar-refractivity contribution in [3.8, 4) is 17.2 Å². The lowest BCUT2D eigenvalue weighted by Gasteiger charge is -2.05. The third-order valence-corrected chi connectivity index (χ3v) is 1.41. The Kier molecular flexibility index (Phi) is 2.74. The maximum atomic E-state index is 10.6. The van der Waals surface area contributed by atoms with Gasteiger partial charge in [-0.15, -0.1) is 0 Å². The number of aromatic hydroxyl groups is 1. The number of phenols is 1. The summed E-state index contributed by atoms with van der Waals surface area (Å²) in [5.74, 6) is 0.229. The number of carbonyl (C=O) groups excluding carboxylic acids is 1. The second-order valence-electron chi connectivity index (χ2n) is 2.43. The first-order valence-corrected chi connectivity index (χ1v) is 3.69. The molecule has 0 fully saturated rings. The molecular weight excluding hydrogens is 172 g/mol. The molecule has 0 bridgehead atoms. The van der Waals surface area contributed by atoms with Gasteiger partial charge >= 0.3 is 5.97 Å². The van der Waals surface area contributed by atoms with E-state index < -0.39 is 5.97 Å². The van der Waals surface area contributed by atoms with Gasteiger partial charge in [0.1, 0.15) is 5.75 Å². The zero-order valence-electron chi connectivity index (χ0n) is 7.40. The molecule has 0 atom stereocenters. The maximum absolute atomic E-state index is 10.6. The minimum atomic E-state index is -0.409. The fourth-order valence-electron chi connectivity index (χ4n) is 0.887. The fourth-order valence-corrected chi connectivity index (χ4v) is 0.887. The molecule has 1 aromatic rings. The van der Waals surface area contributed by atoms with E-state index in [1.807, 2.05) is 0 Å². The molecule has 0 unspecified atom stereocenters. The Bertz CT molecular complexity index is 319. The van der Waals surface area contributed by atoms with E-state index in [0.717, 1.165) is 0 Å². The first-order valence-electron chi connectivity index (χ1n) is 3.69. The van der Waals surface area contributed by atoms with Gasteiger partial charge in [-0.2, -0.15) is 0 Å². The normalized spacial score (nSPS) is 9.38. The number of ether oxygens (including phenoxy) is 2. The average Bonchev–Trinajstić information content (AvgIpc) is 2.07. The Balaban J connectivity index is 2.92. The van der Waals surface area contributed by atoms with Crippen LogP contribution in [0.15, 0.2) is 18.2 Å². The Labute approximate surface area is 75.7 Å². The average molecular weight is 182 g/mol. The third-order valence-electron chi connectivity index (χ3n) is 1.41. The molecule has 0 spiro atoms. The van der Waals surface area contributed by atoms with E-state index in [2.05, 4.69) is 0 Å². The van der Waals surface area contributed by atoms with Gasteiger partial charge in [0.2, 0.25) is 0 Å². The van der Waals surface area contributed by atoms with Gasteiger partial charge in [-0.1, -0.05) is 0 Å². The second-order valence-corrected chi connectivity index (χ2v) is 2.43. The van der Waals surface area contributed by atoms with Crippen LogP contribution >= 0.6 is 0 Å². The molecule has 0 aliphatic rings. The van der Waals surface area contributed by atoms with Crippen molar-refractivity contribution in [3.63, 3.8) is 0 Å². The molecule has 1 N–H and O–H groups in total. The molecule has 4 nitrogen and oxygen atoms in total. The van der Waals surface area contributed by atoms with Crippen molar-refractivity contribution in [1.29, 1.82) is 0 Å². The van der Waals surface area contributed by atoms with Crippen LogP contribution in [0.2, 0.25) is 0 Å². The molecule has 0 heterocycles. The monoisotopic (exact) mass is 182 g/mol. The van der Waals surface area contributed by atoms with Crippen LogP contribution in [0.25, 0.3) is 0 Å². The number of carbonyl (C=O) groups is 1. The second kappa shape index (κ2) is 3.80. The number of hydrogen-bond acceptors (Lipinski definition) is 4. The van der Waals surface area contributed by atoms with Gasteiger partial charge in [0.15, 0.2) is 11.5 Å². The van der Waals surface area contributed by atoms with Gasteiger partial charge in [-0.05, 0) is 12.1 Å². The summed E-state index contributed by atoms with van der Waals surface area (Å²) in [5.41, 5.74) is 0. The van der Waals surface area contributed by atoms with E-state index in [1.165, 1.54) is 32.2 Å². The number of benzene rings is 1. The van der Waals surface area contributed by atoms with Crippen LogP contribution in [0, 0.1) is 0 Å². The summed E-state index contributed by atoms with van der Waals surface area (Å²) in [7, 11) is 1.42. The lowest BCUT2D eigenvalue weighted by molar-refractivity contribution is -0.131. The molecule has 0 saturated heterocycles. The van der Waals surface area contributed by atoms with Gasteiger partial charge in [0.25, 0.3) is 0 Å². The van der Waals surface area contributed by atoms with E-state index in [9.17, 15) is 9.90 Å². The van der Waals surface area contributed by atoms with Crippen molar-refractivity contribution >= 4 is 5.97 Å². The summed E-state index contributed by atoms with van der Waals surface area (Å²) in [5, 5.41) is 9.20. The molecule has 1 rings (SSSR count). The van der Waals surface area contributed by atoms with Crippen LogP contribution < -0.4 is 9.47 Å². The van der Waals surface area contributed by atoms with Crippen LogP contribution in [-0.2, 0) is 4.79 Å². The summed E-state index contributed by atoms with van der Waals surface area (Å²) in [6, 6.07) is 4.33. The van der Waals surface area contributed by atoms with Crippen molar-refractivity contribution in [2.45, 2.75) is 6.92 Å². The molecule has 0 amide bonds. The van der Waals surface area contributed by atoms with Gasteiger partial charge < -0.3 is 14.6 Å². The molecule has 0 saturated carbocycles. The minimum Gasteiger partial charge on any atom is -0.504 e. The first kappa shape index (κ1) is 9.38. The molecule has 0 aliphatic heterocycles. The van der Waals surface area contributed by atoms with E-state index in [0.29, 0.717) is 5.75 Å². The van der Waals surface area contributed by atoms with E-state index >= 15 is 0 Å². The van der Waals surface area contributed by atoms with Crippen molar-refractivity contribution in [3.05, 3.63) is 18.2 Å². The Hall–Kier alpha value is -1.71. The van der Waals surface area contributed by atoms with Gasteiger partial charge in [-0.25, -0.2) is 0 Å². The summed E-state index contributed by atoms with van der Waals surface area (Å²) in [4.78, 5) is 10.6. The first-order chi connectivity index (χ1) is 6.13. The SMILES string of the molecule is COc1cc(OC(C)=O)ccc1O. The summed E-state index contributed by atoms with van der Waals surface area (Å²) in [6.45, 7) is 1.30. The van der Waals surface area contributed by atoms with Crippen LogP contribution in [0.1, 0.15) is 6.92 Å². The van der Waals surface area contributed by atoms with Crippen molar-refractivity contribution < 1.29 is 19.4 Å². The highest BCUT2D eigenvalue weighted by molar-refractivity contribution is 5.69. The number of phenolic OH excluding ortho intramolecular Hbond substituents is 1. The van der Waals surface area contributed by atoms with E-state index in [4.69, 9.17) is 9.47 Å². The summed E-state index contributed by atoms with van der Waals surface area (Å²) < 4.78 is 9.61. The van der Waals surface area contributed by atoms with Crippen molar-refractivity contribution in [2.75, 3.05) is 7.11 Å². The maximum Gasteiger partial charge on any atom is 0.308 e. The zero-order chi connectivity index (χ0) is 9.84. The lowest BCUT2D eigenvalue weighted by Crippen LogP contribution is -2.01. The van der Waals surface area contributed by atoms with Gasteiger partial charge in [0, 0.05) is 13.0 Å². The molecule has 4 heteroatoms. The molecule has 13 heavy (non-hydrogen) atoms. The summed E-state index contributed by atoms with van der Waals surface area (Å²) in [6.07, 6.45) is 0. The molecule has 70 valence electrons. The van der Waals surface area contributed by atoms with E-state index in [-0.39, 0.29) is 11.5 Å². The number of hydrogen-bond donors (Lipinski definition) is 1. The highest BCUT2D eigenvalue weighted by Crippen LogP contribution is 2.29. The predicted octanol–water partition coefficient (Wildman–Crippen LogP) is 1.33. The van der Waals surface area contributed by atoms with Crippen molar-refractivity contribution in [2.24, 2.45) is 0 Å². The highest BCUT2D eigenvalue weighted by Gasteiger charge is 2.04. The predicted molar refractivity (Wildman–Crippen MR) is 46.0 cm³/mol. The number of rotatable bonds is 2. The van der Waals surface area contributed by atoms with E-state index in [1.54, 1.807) is 0 Å². The lowest BCUT2D eigenvalue weighted by atomic mass is 10.3. The molecular formula is C9H10O4. The Morgan fingerprint density at radius 1 is 1.46 bits per heavy atom. The highest BCUT2D eigenvalue weighted by atomic mass is 16.5. The molecule has 0 radical (unpaired) electrons.